The van der Waals surface area contributed by atoms with Crippen molar-refractivity contribution >= 4 is 5.97 Å². The number of nitrogens with one attached hydrogen (secondary N) is 1. The fourth-order valence-electron chi connectivity index (χ4n) is 4.18. The van der Waals surface area contributed by atoms with Gasteiger partial charge in [0.05, 0.1) is 5.41 Å². The summed E-state index contributed by atoms with van der Waals surface area (Å²) in [6, 6.07) is 8.33. The van der Waals surface area contributed by atoms with E-state index in [-0.39, 0.29) is 0 Å². The molecule has 21 heavy (non-hydrogen) atoms. The van der Waals surface area contributed by atoms with Gasteiger partial charge in [0.1, 0.15) is 0 Å². The van der Waals surface area contributed by atoms with Gasteiger partial charge in [0.15, 0.2) is 0 Å². The Morgan fingerprint density at radius 3 is 2.43 bits per heavy atom. The largest absolute Gasteiger partial charge is 0.481 e. The molecule has 1 aromatic rings. The van der Waals surface area contributed by atoms with Crippen LogP contribution in [0.1, 0.15) is 62.0 Å². The number of hydrogen-bond donors (Lipinski definition) is 2. The number of benzene rings is 1. The molecule has 0 radical (unpaired) electrons. The van der Waals surface area contributed by atoms with E-state index < -0.39 is 11.4 Å². The monoisotopic (exact) mass is 287 g/mol. The Labute approximate surface area is 126 Å². The topological polar surface area (TPSA) is 49.3 Å². The second-order valence-corrected chi connectivity index (χ2v) is 6.56. The van der Waals surface area contributed by atoms with Gasteiger partial charge in [-0.25, -0.2) is 0 Å². The fraction of sp³-hybridized carbons (Fsp3) is 0.611. The van der Waals surface area contributed by atoms with Gasteiger partial charge in [0.2, 0.25) is 0 Å². The smallest absolute Gasteiger partial charge is 0.314 e. The van der Waals surface area contributed by atoms with Gasteiger partial charge >= 0.3 is 5.97 Å². The second-order valence-electron chi connectivity index (χ2n) is 6.56. The summed E-state index contributed by atoms with van der Waals surface area (Å²) in [5.41, 5.74) is 1.76. The number of carbonyl (C=O) groups is 1. The molecule has 0 amide bonds. The van der Waals surface area contributed by atoms with Crippen LogP contribution in [-0.2, 0) is 10.2 Å². The Morgan fingerprint density at radius 2 is 1.76 bits per heavy atom. The average molecular weight is 287 g/mol. The van der Waals surface area contributed by atoms with Crippen LogP contribution in [0, 0.1) is 0 Å². The zero-order valence-electron chi connectivity index (χ0n) is 12.6. The van der Waals surface area contributed by atoms with Crippen LogP contribution in [0.25, 0.3) is 0 Å². The molecule has 0 aromatic heterocycles. The maximum Gasteiger partial charge on any atom is 0.314 e. The molecule has 1 saturated heterocycles. The van der Waals surface area contributed by atoms with Crippen LogP contribution >= 0.6 is 0 Å². The Morgan fingerprint density at radius 1 is 1.10 bits per heavy atom. The van der Waals surface area contributed by atoms with Crippen molar-refractivity contribution in [1.29, 1.82) is 0 Å². The first-order chi connectivity index (χ1) is 10.2. The van der Waals surface area contributed by atoms with Crippen molar-refractivity contribution in [3.63, 3.8) is 0 Å². The predicted octanol–water partition coefficient (Wildman–Crippen LogP) is 3.44. The van der Waals surface area contributed by atoms with Crippen molar-refractivity contribution in [2.75, 3.05) is 13.1 Å². The number of hydrogen-bond acceptors (Lipinski definition) is 2. The van der Waals surface area contributed by atoms with Gasteiger partial charge in [-0.3, -0.25) is 4.79 Å². The summed E-state index contributed by atoms with van der Waals surface area (Å²) in [5.74, 6) is -0.107. The molecule has 3 nitrogen and oxygen atoms in total. The number of carboxylic acids is 1. The minimum absolute atomic E-state index is 0.514. The van der Waals surface area contributed by atoms with Gasteiger partial charge in [-0.05, 0) is 55.8 Å². The molecule has 0 spiro atoms. The average Bonchev–Trinajstić information content (AvgIpc) is 2.56. The van der Waals surface area contributed by atoms with Crippen molar-refractivity contribution < 1.29 is 9.90 Å². The maximum absolute atomic E-state index is 12.1. The molecule has 0 bridgehead atoms. The molecule has 2 N–H and O–H groups in total. The lowest BCUT2D eigenvalue weighted by atomic mass is 9.66. The van der Waals surface area contributed by atoms with Crippen LogP contribution in [0.3, 0.4) is 0 Å². The molecule has 0 atom stereocenters. The summed E-state index contributed by atoms with van der Waals surface area (Å²) in [5, 5.41) is 13.4. The Balaban J connectivity index is 2.01. The lowest BCUT2D eigenvalue weighted by molar-refractivity contribution is -0.145. The predicted molar refractivity (Wildman–Crippen MR) is 83.7 cm³/mol. The third kappa shape index (κ3) is 2.71. The molecule has 0 unspecified atom stereocenters. The van der Waals surface area contributed by atoms with Crippen molar-refractivity contribution in [2.45, 2.75) is 56.3 Å². The molecule has 2 aliphatic rings. The van der Waals surface area contributed by atoms with Crippen LogP contribution in [0.5, 0.6) is 0 Å². The summed E-state index contributed by atoms with van der Waals surface area (Å²) in [4.78, 5) is 12.1. The quantitative estimate of drug-likeness (QED) is 0.895. The summed E-state index contributed by atoms with van der Waals surface area (Å²) < 4.78 is 0. The zero-order chi connectivity index (χ0) is 14.7. The molecular weight excluding hydrogens is 262 g/mol. The molecule has 3 heteroatoms. The van der Waals surface area contributed by atoms with Gasteiger partial charge in [-0.15, -0.1) is 0 Å². The van der Waals surface area contributed by atoms with Gasteiger partial charge in [0.25, 0.3) is 0 Å². The van der Waals surface area contributed by atoms with Gasteiger partial charge in [-0.1, -0.05) is 43.5 Å². The third-order valence-electron chi connectivity index (χ3n) is 5.37. The molecule has 2 fully saturated rings. The lowest BCUT2D eigenvalue weighted by Crippen LogP contribution is -2.39. The van der Waals surface area contributed by atoms with Crippen LogP contribution < -0.4 is 5.32 Å². The van der Waals surface area contributed by atoms with Crippen molar-refractivity contribution in [2.24, 2.45) is 0 Å². The van der Waals surface area contributed by atoms with Crippen LogP contribution in [-0.4, -0.2) is 24.2 Å². The summed E-state index contributed by atoms with van der Waals surface area (Å²) in [7, 11) is 0. The zero-order valence-corrected chi connectivity index (χ0v) is 12.6. The highest BCUT2D eigenvalue weighted by Crippen LogP contribution is 2.43. The van der Waals surface area contributed by atoms with Crippen molar-refractivity contribution in [1.82, 2.24) is 5.32 Å². The fourth-order valence-corrected chi connectivity index (χ4v) is 4.18. The Hall–Kier alpha value is -1.35. The van der Waals surface area contributed by atoms with E-state index in [1.807, 2.05) is 6.07 Å². The number of rotatable bonds is 3. The molecule has 1 aromatic carbocycles. The molecule has 1 heterocycles. The van der Waals surface area contributed by atoms with E-state index in [4.69, 9.17) is 0 Å². The van der Waals surface area contributed by atoms with Crippen molar-refractivity contribution in [3.8, 4) is 0 Å². The van der Waals surface area contributed by atoms with Crippen molar-refractivity contribution in [3.05, 3.63) is 35.4 Å². The Bertz CT molecular complexity index is 500. The van der Waals surface area contributed by atoms with Crippen LogP contribution in [0.4, 0.5) is 0 Å². The minimum Gasteiger partial charge on any atom is -0.481 e. The van der Waals surface area contributed by atoms with Gasteiger partial charge in [0, 0.05) is 0 Å². The Kier molecular flexibility index (Phi) is 4.29. The summed E-state index contributed by atoms with van der Waals surface area (Å²) in [6.45, 7) is 2.08. The normalized spacial score (nSPS) is 22.9. The summed E-state index contributed by atoms with van der Waals surface area (Å²) in [6.07, 6.45) is 7.07. The standard InChI is InChI=1S/C18H25NO2/c20-17(21)18(10-4-1-5-11-18)16-7-3-2-6-15(16)14-8-12-19-13-9-14/h2-3,6-7,14,19H,1,4-5,8-13H2,(H,20,21). The van der Waals surface area contributed by atoms with E-state index in [0.717, 1.165) is 57.2 Å². The first kappa shape index (κ1) is 14.6. The number of piperidine rings is 1. The van der Waals surface area contributed by atoms with Gasteiger partial charge in [-0.2, -0.15) is 0 Å². The van der Waals surface area contributed by atoms with Gasteiger partial charge < -0.3 is 10.4 Å². The first-order valence-electron chi connectivity index (χ1n) is 8.27. The second kappa shape index (κ2) is 6.18. The first-order valence-corrected chi connectivity index (χ1v) is 8.27. The third-order valence-corrected chi connectivity index (χ3v) is 5.37. The highest BCUT2D eigenvalue weighted by molar-refractivity contribution is 5.82. The molecule has 1 aliphatic heterocycles. The maximum atomic E-state index is 12.1. The van der Waals surface area contributed by atoms with E-state index in [1.165, 1.54) is 12.0 Å². The van der Waals surface area contributed by atoms with E-state index in [9.17, 15) is 9.90 Å². The molecule has 114 valence electrons. The minimum atomic E-state index is -0.639. The van der Waals surface area contributed by atoms with E-state index in [2.05, 4.69) is 23.5 Å². The highest BCUT2D eigenvalue weighted by Gasteiger charge is 2.43. The lowest BCUT2D eigenvalue weighted by Gasteiger charge is -2.37. The summed E-state index contributed by atoms with van der Waals surface area (Å²) >= 11 is 0. The van der Waals surface area contributed by atoms with E-state index in [0.29, 0.717) is 5.92 Å². The highest BCUT2D eigenvalue weighted by atomic mass is 16.4. The number of aliphatic carboxylic acids is 1. The molecule has 1 aliphatic carbocycles. The van der Waals surface area contributed by atoms with Crippen LogP contribution in [0.2, 0.25) is 0 Å². The van der Waals surface area contributed by atoms with Crippen LogP contribution in [0.15, 0.2) is 24.3 Å². The SMILES string of the molecule is O=C(O)C1(c2ccccc2C2CCNCC2)CCCCC1. The van der Waals surface area contributed by atoms with E-state index in [1.54, 1.807) is 0 Å². The number of carboxylic acid groups (broad SMARTS) is 1. The molecule has 1 saturated carbocycles. The molecular formula is C18H25NO2. The van der Waals surface area contributed by atoms with E-state index >= 15 is 0 Å². The molecule has 3 rings (SSSR count).